The molecule has 2 aromatic rings. The van der Waals surface area contributed by atoms with Crippen LogP contribution in [0.2, 0.25) is 0 Å². The van der Waals surface area contributed by atoms with Gasteiger partial charge in [0.15, 0.2) is 0 Å². The molecule has 4 rings (SSSR count). The van der Waals surface area contributed by atoms with Crippen molar-refractivity contribution in [2.75, 3.05) is 10.6 Å². The van der Waals surface area contributed by atoms with Crippen LogP contribution in [0.25, 0.3) is 0 Å². The molecule has 2 aromatic carbocycles. The number of halogens is 1. The van der Waals surface area contributed by atoms with Gasteiger partial charge in [0.05, 0.1) is 5.41 Å². The zero-order valence-electron chi connectivity index (χ0n) is 14.4. The maximum absolute atomic E-state index is 13.6. The fraction of sp³-hybridized carbons (Fsp3) is 0.333. The predicted molar refractivity (Wildman–Crippen MR) is 98.4 cm³/mol. The first-order valence-electron chi connectivity index (χ1n) is 9.05. The Morgan fingerprint density at radius 2 is 1.62 bits per heavy atom. The minimum atomic E-state index is -0.652. The normalized spacial score (nSPS) is 17.9. The number of anilines is 2. The summed E-state index contributed by atoms with van der Waals surface area (Å²) < 4.78 is 13.6. The van der Waals surface area contributed by atoms with Gasteiger partial charge >= 0.3 is 0 Å². The Labute approximate surface area is 151 Å². The Hall–Kier alpha value is -2.69. The average Bonchev–Trinajstić information content (AvgIpc) is 3.41. The highest BCUT2D eigenvalue weighted by Gasteiger charge is 2.45. The molecule has 0 spiro atoms. The first-order valence-corrected chi connectivity index (χ1v) is 9.05. The van der Waals surface area contributed by atoms with E-state index >= 15 is 0 Å². The van der Waals surface area contributed by atoms with Crippen LogP contribution in [0.4, 0.5) is 15.8 Å². The van der Waals surface area contributed by atoms with Crippen molar-refractivity contribution < 1.29 is 14.0 Å². The molecule has 0 bridgehead atoms. The van der Waals surface area contributed by atoms with E-state index in [-0.39, 0.29) is 23.5 Å². The van der Waals surface area contributed by atoms with Crippen LogP contribution in [-0.2, 0) is 15.0 Å². The summed E-state index contributed by atoms with van der Waals surface area (Å²) in [6.45, 7) is 0. The summed E-state index contributed by atoms with van der Waals surface area (Å²) in [6.07, 6.45) is 4.32. The number of hydrogen-bond donors (Lipinski definition) is 2. The quantitative estimate of drug-likeness (QED) is 0.846. The fourth-order valence-electron chi connectivity index (χ4n) is 3.44. The van der Waals surface area contributed by atoms with Crippen LogP contribution in [-0.4, -0.2) is 11.8 Å². The van der Waals surface area contributed by atoms with Crippen LogP contribution in [0, 0.1) is 11.7 Å². The number of hydrogen-bond acceptors (Lipinski definition) is 2. The molecule has 5 heteroatoms. The molecule has 2 saturated carbocycles. The van der Waals surface area contributed by atoms with Crippen molar-refractivity contribution in [3.05, 3.63) is 59.9 Å². The van der Waals surface area contributed by atoms with Crippen molar-refractivity contribution in [2.24, 2.45) is 5.92 Å². The number of rotatable bonds is 5. The molecule has 0 aromatic heterocycles. The zero-order chi connectivity index (χ0) is 18.1. The van der Waals surface area contributed by atoms with Gasteiger partial charge in [0.2, 0.25) is 11.8 Å². The van der Waals surface area contributed by atoms with Crippen molar-refractivity contribution in [3.63, 3.8) is 0 Å². The van der Waals surface area contributed by atoms with Gasteiger partial charge in [-0.05, 0) is 67.6 Å². The monoisotopic (exact) mass is 352 g/mol. The lowest BCUT2D eigenvalue weighted by Gasteiger charge is -2.40. The van der Waals surface area contributed by atoms with Crippen LogP contribution >= 0.6 is 0 Å². The predicted octanol–water partition coefficient (Wildman–Crippen LogP) is 4.23. The van der Waals surface area contributed by atoms with Crippen molar-refractivity contribution in [1.29, 1.82) is 0 Å². The van der Waals surface area contributed by atoms with E-state index in [1.54, 1.807) is 30.3 Å². The van der Waals surface area contributed by atoms with Crippen LogP contribution in [0.15, 0.2) is 48.5 Å². The Balaban J connectivity index is 1.45. The summed E-state index contributed by atoms with van der Waals surface area (Å²) in [5.74, 6) is -0.220. The minimum Gasteiger partial charge on any atom is -0.326 e. The number of carbonyl (C=O) groups excluding carboxylic acids is 2. The van der Waals surface area contributed by atoms with E-state index < -0.39 is 5.41 Å². The third-order valence-corrected chi connectivity index (χ3v) is 5.38. The van der Waals surface area contributed by atoms with Crippen LogP contribution in [0.3, 0.4) is 0 Å². The van der Waals surface area contributed by atoms with E-state index in [9.17, 15) is 14.0 Å². The van der Waals surface area contributed by atoms with Gasteiger partial charge in [0, 0.05) is 17.3 Å². The van der Waals surface area contributed by atoms with Crippen molar-refractivity contribution in [3.8, 4) is 0 Å². The minimum absolute atomic E-state index is 0.0568. The topological polar surface area (TPSA) is 58.2 Å². The first-order chi connectivity index (χ1) is 12.6. The number of benzene rings is 2. The molecule has 0 saturated heterocycles. The van der Waals surface area contributed by atoms with E-state index in [1.807, 2.05) is 6.07 Å². The second-order valence-corrected chi connectivity index (χ2v) is 7.24. The summed E-state index contributed by atoms with van der Waals surface area (Å²) in [6, 6.07) is 13.4. The van der Waals surface area contributed by atoms with Gasteiger partial charge in [0.25, 0.3) is 0 Å². The maximum Gasteiger partial charge on any atom is 0.235 e. The van der Waals surface area contributed by atoms with E-state index in [2.05, 4.69) is 10.6 Å². The summed E-state index contributed by atoms with van der Waals surface area (Å²) in [4.78, 5) is 24.7. The molecule has 0 aliphatic heterocycles. The molecule has 4 nitrogen and oxygen atoms in total. The number of amides is 2. The summed E-state index contributed by atoms with van der Waals surface area (Å²) >= 11 is 0. The van der Waals surface area contributed by atoms with Crippen LogP contribution in [0.5, 0.6) is 0 Å². The highest BCUT2D eigenvalue weighted by atomic mass is 19.1. The van der Waals surface area contributed by atoms with Gasteiger partial charge in [-0.25, -0.2) is 4.39 Å². The second-order valence-electron chi connectivity index (χ2n) is 7.24. The molecule has 134 valence electrons. The molecule has 2 amide bonds. The molecule has 2 fully saturated rings. The molecule has 26 heavy (non-hydrogen) atoms. The second kappa shape index (κ2) is 6.56. The van der Waals surface area contributed by atoms with E-state index in [1.165, 1.54) is 12.1 Å². The van der Waals surface area contributed by atoms with Crippen LogP contribution in [0.1, 0.15) is 37.7 Å². The lowest BCUT2D eigenvalue weighted by atomic mass is 9.63. The van der Waals surface area contributed by atoms with Gasteiger partial charge in [-0.15, -0.1) is 0 Å². The standard InChI is InChI=1S/C21H21FN2O2/c22-16-4-1-3-15(13-16)21(11-2-12-21)20(26)24-18-9-7-17(8-10-18)23-19(25)14-5-6-14/h1,3-4,7-10,13-14H,2,5-6,11-12H2,(H,23,25)(H,24,26). The van der Waals surface area contributed by atoms with Gasteiger partial charge in [-0.3, -0.25) is 9.59 Å². The lowest BCUT2D eigenvalue weighted by molar-refractivity contribution is -0.124. The van der Waals surface area contributed by atoms with E-state index in [4.69, 9.17) is 0 Å². The Morgan fingerprint density at radius 3 is 2.15 bits per heavy atom. The largest absolute Gasteiger partial charge is 0.326 e. The van der Waals surface area contributed by atoms with Gasteiger partial charge in [-0.1, -0.05) is 18.6 Å². The smallest absolute Gasteiger partial charge is 0.235 e. The molecule has 0 radical (unpaired) electrons. The Morgan fingerprint density at radius 1 is 0.962 bits per heavy atom. The average molecular weight is 352 g/mol. The van der Waals surface area contributed by atoms with Crippen molar-refractivity contribution in [1.82, 2.24) is 0 Å². The zero-order valence-corrected chi connectivity index (χ0v) is 14.4. The third-order valence-electron chi connectivity index (χ3n) is 5.38. The molecular weight excluding hydrogens is 331 g/mol. The third kappa shape index (κ3) is 3.21. The highest BCUT2D eigenvalue weighted by molar-refractivity contribution is 6.00. The van der Waals surface area contributed by atoms with E-state index in [0.717, 1.165) is 43.4 Å². The molecule has 0 atom stereocenters. The van der Waals surface area contributed by atoms with Crippen molar-refractivity contribution in [2.45, 2.75) is 37.5 Å². The number of nitrogens with one attached hydrogen (secondary N) is 2. The molecule has 2 aliphatic carbocycles. The van der Waals surface area contributed by atoms with Crippen molar-refractivity contribution >= 4 is 23.2 Å². The fourth-order valence-corrected chi connectivity index (χ4v) is 3.44. The SMILES string of the molecule is O=C(Nc1ccc(NC(=O)C2(c3cccc(F)c3)CCC2)cc1)C1CC1. The molecule has 0 heterocycles. The lowest BCUT2D eigenvalue weighted by Crippen LogP contribution is -2.46. The Kier molecular flexibility index (Phi) is 4.23. The van der Waals surface area contributed by atoms with Gasteiger partial charge in [-0.2, -0.15) is 0 Å². The Bertz CT molecular complexity index is 839. The molecular formula is C21H21FN2O2. The highest BCUT2D eigenvalue weighted by Crippen LogP contribution is 2.44. The molecule has 0 unspecified atom stereocenters. The number of carbonyl (C=O) groups is 2. The molecule has 2 N–H and O–H groups in total. The summed E-state index contributed by atoms with van der Waals surface area (Å²) in [5, 5.41) is 5.82. The maximum atomic E-state index is 13.6. The first kappa shape index (κ1) is 16.8. The summed E-state index contributed by atoms with van der Waals surface area (Å²) in [5.41, 5.74) is 1.47. The van der Waals surface area contributed by atoms with E-state index in [0.29, 0.717) is 5.69 Å². The van der Waals surface area contributed by atoms with Crippen LogP contribution < -0.4 is 10.6 Å². The van der Waals surface area contributed by atoms with Gasteiger partial charge < -0.3 is 10.6 Å². The van der Waals surface area contributed by atoms with Gasteiger partial charge in [0.1, 0.15) is 5.82 Å². The summed E-state index contributed by atoms with van der Waals surface area (Å²) in [7, 11) is 0. The molecule has 2 aliphatic rings.